The number of para-hydroxylation sites is 1. The lowest BCUT2D eigenvalue weighted by molar-refractivity contribution is 0.590. The molecule has 0 bridgehead atoms. The Morgan fingerprint density at radius 2 is 1.26 bits per heavy atom. The number of nitrogens with one attached hydrogen (secondary N) is 1. The number of hydrogen-bond donors (Lipinski definition) is 1. The number of fused-ring (bicyclic) bond motifs is 15. The predicted octanol–water partition coefficient (Wildman–Crippen LogP) is 14.0. The minimum Gasteiger partial charge on any atom is -0.456 e. The van der Waals surface area contributed by atoms with Crippen LogP contribution in [0.25, 0.3) is 82.8 Å². The number of anilines is 2. The SMILES string of the molecule is CC(C)(C)c1ccc(Nc2cc3oc4ccccc4c3cc2-c2ccc3c4c5c(ccc4n4c3c2[B]c2cc3c(cc2-4)C(C)(C)c2ccccc2-3)C(C)(C)c2ccccc2-5)cc1. The molecule has 1 radical (unpaired) electrons. The Labute approximate surface area is 363 Å². The van der Waals surface area contributed by atoms with Crippen molar-refractivity contribution >= 4 is 73.3 Å². The van der Waals surface area contributed by atoms with Gasteiger partial charge in [-0.3, -0.25) is 0 Å². The fourth-order valence-electron chi connectivity index (χ4n) is 11.6. The normalized spacial score (nSPS) is 15.1. The Bertz CT molecular complexity index is 3610. The fourth-order valence-corrected chi connectivity index (χ4v) is 11.6. The Balaban J connectivity index is 1.12. The summed E-state index contributed by atoms with van der Waals surface area (Å²) >= 11 is 0. The highest BCUT2D eigenvalue weighted by Gasteiger charge is 2.40. The molecule has 0 spiro atoms. The lowest BCUT2D eigenvalue weighted by atomic mass is 9.58. The first kappa shape index (κ1) is 35.9. The molecule has 1 aliphatic heterocycles. The first-order valence-corrected chi connectivity index (χ1v) is 22.1. The number of nitrogens with zero attached hydrogens (tertiary/aromatic N) is 1. The Kier molecular flexibility index (Phi) is 6.94. The molecule has 2 aromatic heterocycles. The van der Waals surface area contributed by atoms with Gasteiger partial charge >= 0.3 is 0 Å². The average Bonchev–Trinajstić information content (AvgIpc) is 3.94. The van der Waals surface area contributed by atoms with E-state index in [0.717, 1.165) is 38.9 Å². The predicted molar refractivity (Wildman–Crippen MR) is 262 cm³/mol. The topological polar surface area (TPSA) is 30.1 Å². The van der Waals surface area contributed by atoms with Crippen LogP contribution in [0.5, 0.6) is 0 Å². The lowest BCUT2D eigenvalue weighted by Crippen LogP contribution is -2.37. The van der Waals surface area contributed by atoms with Crippen molar-refractivity contribution in [3.63, 3.8) is 0 Å². The summed E-state index contributed by atoms with van der Waals surface area (Å²) in [7, 11) is 2.48. The molecule has 0 atom stereocenters. The van der Waals surface area contributed by atoms with Gasteiger partial charge in [0.05, 0.1) is 11.2 Å². The summed E-state index contributed by atoms with van der Waals surface area (Å²) in [6.45, 7) is 16.3. The van der Waals surface area contributed by atoms with Gasteiger partial charge in [0.2, 0.25) is 0 Å². The summed E-state index contributed by atoms with van der Waals surface area (Å²) in [5, 5.41) is 8.75. The monoisotopic (exact) mass is 797 g/mol. The van der Waals surface area contributed by atoms with Gasteiger partial charge in [0.15, 0.2) is 7.28 Å². The number of furan rings is 1. The van der Waals surface area contributed by atoms with Crippen molar-refractivity contribution in [3.05, 3.63) is 173 Å². The van der Waals surface area contributed by atoms with Crippen LogP contribution in [0.3, 0.4) is 0 Å². The third kappa shape index (κ3) is 4.67. The zero-order valence-corrected chi connectivity index (χ0v) is 36.3. The smallest absolute Gasteiger partial charge is 0.197 e. The van der Waals surface area contributed by atoms with E-state index in [-0.39, 0.29) is 16.2 Å². The largest absolute Gasteiger partial charge is 0.456 e. The molecule has 8 aromatic carbocycles. The summed E-state index contributed by atoms with van der Waals surface area (Å²) in [5.41, 5.74) is 24.5. The molecule has 0 fully saturated rings. The highest BCUT2D eigenvalue weighted by atomic mass is 16.3. The summed E-state index contributed by atoms with van der Waals surface area (Å²) in [6, 6.07) is 54.6. The summed E-state index contributed by atoms with van der Waals surface area (Å²) < 4.78 is 9.16. The van der Waals surface area contributed by atoms with Crippen LogP contribution >= 0.6 is 0 Å². The van der Waals surface area contributed by atoms with Crippen molar-refractivity contribution in [2.75, 3.05) is 5.32 Å². The molecule has 10 aromatic rings. The van der Waals surface area contributed by atoms with E-state index in [1.54, 1.807) is 0 Å². The maximum absolute atomic E-state index is 6.55. The molecule has 1 N–H and O–H groups in total. The number of benzene rings is 8. The molecule has 0 unspecified atom stereocenters. The summed E-state index contributed by atoms with van der Waals surface area (Å²) in [6.07, 6.45) is 0. The Morgan fingerprint density at radius 3 is 2.05 bits per heavy atom. The number of rotatable bonds is 3. The van der Waals surface area contributed by atoms with Gasteiger partial charge in [-0.25, -0.2) is 0 Å². The van der Waals surface area contributed by atoms with E-state index in [4.69, 9.17) is 4.42 Å². The second-order valence-corrected chi connectivity index (χ2v) is 20.0. The van der Waals surface area contributed by atoms with Crippen LogP contribution in [-0.2, 0) is 16.2 Å². The van der Waals surface area contributed by atoms with Gasteiger partial charge in [0.1, 0.15) is 11.2 Å². The molecule has 3 aliphatic rings. The van der Waals surface area contributed by atoms with Crippen LogP contribution in [0.2, 0.25) is 0 Å². The van der Waals surface area contributed by atoms with Crippen LogP contribution in [-0.4, -0.2) is 11.8 Å². The highest BCUT2D eigenvalue weighted by molar-refractivity contribution is 6.73. The van der Waals surface area contributed by atoms with Crippen molar-refractivity contribution in [1.82, 2.24) is 4.57 Å². The molecule has 4 heteroatoms. The van der Waals surface area contributed by atoms with E-state index in [1.165, 1.54) is 94.1 Å². The Morgan fingerprint density at radius 1 is 0.548 bits per heavy atom. The van der Waals surface area contributed by atoms with Crippen molar-refractivity contribution in [2.24, 2.45) is 0 Å². The van der Waals surface area contributed by atoms with E-state index in [2.05, 4.69) is 211 Å². The van der Waals surface area contributed by atoms with Gasteiger partial charge < -0.3 is 14.3 Å². The van der Waals surface area contributed by atoms with Crippen molar-refractivity contribution < 1.29 is 4.42 Å². The van der Waals surface area contributed by atoms with E-state index in [9.17, 15) is 0 Å². The van der Waals surface area contributed by atoms with Gasteiger partial charge in [-0.2, -0.15) is 0 Å². The molecular formula is C58H46BN2O. The first-order chi connectivity index (χ1) is 29.9. The number of aromatic nitrogens is 1. The minimum atomic E-state index is -0.121. The zero-order chi connectivity index (χ0) is 42.0. The van der Waals surface area contributed by atoms with Gasteiger partial charge in [-0.1, -0.05) is 157 Å². The van der Waals surface area contributed by atoms with Crippen LogP contribution in [0.4, 0.5) is 11.4 Å². The van der Waals surface area contributed by atoms with Gasteiger partial charge in [0.25, 0.3) is 0 Å². The molecule has 0 amide bonds. The molecule has 3 heterocycles. The van der Waals surface area contributed by atoms with E-state index in [0.29, 0.717) is 0 Å². The highest BCUT2D eigenvalue weighted by Crippen LogP contribution is 2.54. The van der Waals surface area contributed by atoms with Crippen molar-refractivity contribution in [1.29, 1.82) is 0 Å². The van der Waals surface area contributed by atoms with Crippen LogP contribution in [0.1, 0.15) is 76.3 Å². The molecule has 3 nitrogen and oxygen atoms in total. The first-order valence-electron chi connectivity index (χ1n) is 22.1. The van der Waals surface area contributed by atoms with E-state index in [1.807, 2.05) is 0 Å². The molecule has 297 valence electrons. The molecule has 13 rings (SSSR count). The summed E-state index contributed by atoms with van der Waals surface area (Å²) in [4.78, 5) is 0. The molecule has 0 saturated heterocycles. The minimum absolute atomic E-state index is 0.0649. The zero-order valence-electron chi connectivity index (χ0n) is 36.3. The Hall–Kier alpha value is -6.78. The second-order valence-electron chi connectivity index (χ2n) is 20.0. The second kappa shape index (κ2) is 12.0. The van der Waals surface area contributed by atoms with Crippen LogP contribution < -0.4 is 16.2 Å². The molecule has 0 saturated carbocycles. The average molecular weight is 798 g/mol. The molecule has 2 aliphatic carbocycles. The van der Waals surface area contributed by atoms with Gasteiger partial charge in [0, 0.05) is 60.9 Å². The fraction of sp³-hybridized carbons (Fsp3) is 0.172. The number of hydrogen-bond acceptors (Lipinski definition) is 2. The van der Waals surface area contributed by atoms with Crippen molar-refractivity contribution in [2.45, 2.75) is 64.7 Å². The molecular weight excluding hydrogens is 751 g/mol. The van der Waals surface area contributed by atoms with E-state index >= 15 is 0 Å². The third-order valence-corrected chi connectivity index (χ3v) is 14.8. The standard InChI is InChI=1S/C58H46BN2O/c1-56(2,3)32-20-22-33(23-21-32)60-47-31-51-41(35-15-10-13-19-50(35)62-51)28-40(47)36-24-25-38-53-48(27-26-44-52(53)37-16-9-12-18-43(37)57(44,4)5)61-49-30-45-39(29-46(49)59-54(36)55(38)61)34-14-8-11-17-42(34)58(45,6)7/h8-31,60H,1-7H3. The maximum atomic E-state index is 6.55. The molecule has 62 heavy (non-hydrogen) atoms. The third-order valence-electron chi connectivity index (χ3n) is 14.8. The van der Waals surface area contributed by atoms with Crippen LogP contribution in [0.15, 0.2) is 150 Å². The van der Waals surface area contributed by atoms with Crippen molar-refractivity contribution in [3.8, 4) is 39.1 Å². The maximum Gasteiger partial charge on any atom is 0.197 e. The van der Waals surface area contributed by atoms with E-state index < -0.39 is 0 Å². The summed E-state index contributed by atoms with van der Waals surface area (Å²) in [5.74, 6) is 0. The van der Waals surface area contributed by atoms with Crippen LogP contribution in [0, 0.1) is 0 Å². The lowest BCUT2D eigenvalue weighted by Gasteiger charge is -2.27. The van der Waals surface area contributed by atoms with Gasteiger partial charge in [-0.15, -0.1) is 0 Å². The quantitative estimate of drug-likeness (QED) is 0.181. The van der Waals surface area contributed by atoms with Gasteiger partial charge in [-0.05, 0) is 103 Å².